The first kappa shape index (κ1) is 30.8. The number of methoxy groups -OCH3 is 1. The summed E-state index contributed by atoms with van der Waals surface area (Å²) in [7, 11) is -3.31. The van der Waals surface area contributed by atoms with Gasteiger partial charge in [0.05, 0.1) is 24.5 Å². The van der Waals surface area contributed by atoms with Crippen molar-refractivity contribution < 1.29 is 40.5 Å². The zero-order valence-corrected chi connectivity index (χ0v) is 22.8. The lowest BCUT2D eigenvalue weighted by molar-refractivity contribution is -0.134. The lowest BCUT2D eigenvalue weighted by Crippen LogP contribution is -2.49. The number of alkyl halides is 3. The Hall–Kier alpha value is -3.69. The molecule has 0 aliphatic heterocycles. The van der Waals surface area contributed by atoms with Gasteiger partial charge in [-0.1, -0.05) is 42.5 Å². The normalized spacial score (nSPS) is 13.2. The van der Waals surface area contributed by atoms with Crippen molar-refractivity contribution in [1.82, 2.24) is 15.6 Å². The topological polar surface area (TPSA) is 147 Å². The van der Waals surface area contributed by atoms with Crippen molar-refractivity contribution in [2.24, 2.45) is 0 Å². The van der Waals surface area contributed by atoms with E-state index in [-0.39, 0.29) is 30.6 Å². The van der Waals surface area contributed by atoms with Crippen molar-refractivity contribution >= 4 is 39.3 Å². The highest BCUT2D eigenvalue weighted by Gasteiger charge is 2.29. The van der Waals surface area contributed by atoms with E-state index in [1.807, 2.05) is 4.72 Å². The van der Waals surface area contributed by atoms with Crippen LogP contribution in [0.15, 0.2) is 60.0 Å². The van der Waals surface area contributed by atoms with Crippen molar-refractivity contribution in [3.05, 3.63) is 81.8 Å². The molecular weight excluding hydrogens is 573 g/mol. The van der Waals surface area contributed by atoms with Gasteiger partial charge < -0.3 is 15.4 Å². The Kier molecular flexibility index (Phi) is 10.5. The molecule has 0 saturated heterocycles. The number of halogens is 3. The van der Waals surface area contributed by atoms with Gasteiger partial charge >= 0.3 is 22.6 Å². The molecular formula is C25H27F3N4O6S2. The maximum atomic E-state index is 13.4. The number of rotatable bonds is 12. The zero-order valence-electron chi connectivity index (χ0n) is 21.1. The number of carbonyl (C=O) groups is 2. The SMILES string of the molecule is COC(=O)NC(Cc1ccccc1)C(=O)NC(Cc1ccc(NS(=O)(=O)O)cc1)c1nc(CCC(F)(F)F)cs1. The molecule has 1 heterocycles. The fourth-order valence-electron chi connectivity index (χ4n) is 3.69. The van der Waals surface area contributed by atoms with Crippen LogP contribution in [-0.2, 0) is 39.1 Å². The molecule has 0 aliphatic rings. The molecule has 216 valence electrons. The number of carbonyl (C=O) groups excluding carboxylic acids is 2. The Morgan fingerprint density at radius 3 is 2.27 bits per heavy atom. The summed E-state index contributed by atoms with van der Waals surface area (Å²) in [6.45, 7) is 0. The number of aryl methyl sites for hydroxylation is 1. The highest BCUT2D eigenvalue weighted by atomic mass is 32.2. The van der Waals surface area contributed by atoms with E-state index in [1.165, 1.54) is 17.5 Å². The molecule has 0 saturated carbocycles. The van der Waals surface area contributed by atoms with Gasteiger partial charge in [0.15, 0.2) is 0 Å². The van der Waals surface area contributed by atoms with Crippen LogP contribution in [0, 0.1) is 0 Å². The lowest BCUT2D eigenvalue weighted by atomic mass is 10.0. The second kappa shape index (κ2) is 13.6. The van der Waals surface area contributed by atoms with E-state index in [0.29, 0.717) is 10.6 Å². The van der Waals surface area contributed by atoms with Gasteiger partial charge in [-0.25, -0.2) is 9.78 Å². The summed E-state index contributed by atoms with van der Waals surface area (Å²) in [5.41, 5.74) is 1.71. The molecule has 3 aromatic rings. The van der Waals surface area contributed by atoms with Crippen LogP contribution >= 0.6 is 11.3 Å². The van der Waals surface area contributed by atoms with E-state index in [2.05, 4.69) is 20.4 Å². The van der Waals surface area contributed by atoms with Gasteiger partial charge in [-0.3, -0.25) is 14.1 Å². The van der Waals surface area contributed by atoms with Gasteiger partial charge in [0, 0.05) is 18.2 Å². The maximum absolute atomic E-state index is 13.4. The van der Waals surface area contributed by atoms with Gasteiger partial charge in [0.25, 0.3) is 0 Å². The number of nitrogens with one attached hydrogen (secondary N) is 3. The highest BCUT2D eigenvalue weighted by molar-refractivity contribution is 7.87. The minimum atomic E-state index is -4.47. The third-order valence-corrected chi connectivity index (χ3v) is 7.07. The number of ether oxygens (including phenoxy) is 1. The van der Waals surface area contributed by atoms with Crippen molar-refractivity contribution in [3.8, 4) is 0 Å². The van der Waals surface area contributed by atoms with Crippen molar-refractivity contribution in [3.63, 3.8) is 0 Å². The molecule has 10 nitrogen and oxygen atoms in total. The quantitative estimate of drug-likeness (QED) is 0.228. The number of amides is 2. The van der Waals surface area contributed by atoms with Gasteiger partial charge in [-0.15, -0.1) is 11.3 Å². The van der Waals surface area contributed by atoms with Gasteiger partial charge in [0.1, 0.15) is 11.0 Å². The number of nitrogens with zero attached hydrogens (tertiary/aromatic N) is 1. The van der Waals surface area contributed by atoms with E-state index in [1.54, 1.807) is 42.5 Å². The smallest absolute Gasteiger partial charge is 0.407 e. The number of benzene rings is 2. The van der Waals surface area contributed by atoms with Gasteiger partial charge in [-0.05, 0) is 36.1 Å². The van der Waals surface area contributed by atoms with Gasteiger partial charge in [0.2, 0.25) is 5.91 Å². The monoisotopic (exact) mass is 600 g/mol. The van der Waals surface area contributed by atoms with Crippen LogP contribution in [0.25, 0.3) is 0 Å². The fraction of sp³-hybridized carbons (Fsp3) is 0.320. The second-order valence-electron chi connectivity index (χ2n) is 8.71. The molecule has 2 aromatic carbocycles. The first-order valence-corrected chi connectivity index (χ1v) is 14.2. The molecule has 0 aliphatic carbocycles. The molecule has 2 unspecified atom stereocenters. The van der Waals surface area contributed by atoms with Crippen LogP contribution in [0.1, 0.15) is 34.3 Å². The average Bonchev–Trinajstić information content (AvgIpc) is 3.36. The molecule has 3 rings (SSSR count). The van der Waals surface area contributed by atoms with Crippen molar-refractivity contribution in [1.29, 1.82) is 0 Å². The van der Waals surface area contributed by atoms with E-state index >= 15 is 0 Å². The number of hydrogen-bond acceptors (Lipinski definition) is 7. The minimum absolute atomic E-state index is 0.0979. The Labute approximate surface area is 232 Å². The van der Waals surface area contributed by atoms with Crippen LogP contribution in [0.4, 0.5) is 23.7 Å². The van der Waals surface area contributed by atoms with Crippen molar-refractivity contribution in [2.45, 2.75) is 43.9 Å². The molecule has 4 N–H and O–H groups in total. The lowest BCUT2D eigenvalue weighted by Gasteiger charge is -2.22. The van der Waals surface area contributed by atoms with Gasteiger partial charge in [-0.2, -0.15) is 21.6 Å². The number of hydrogen-bond donors (Lipinski definition) is 4. The standard InChI is InChI=1S/C25H27F3N4O6S2/c1-38-24(34)31-20(13-16-5-3-2-4-6-16)22(33)30-21(23-29-19(15-39-23)11-12-25(26,27)28)14-17-7-9-18(10-8-17)32-40(35,36)37/h2-10,15,20-21,32H,11-14H2,1H3,(H,30,33)(H,31,34)(H,35,36,37). The first-order chi connectivity index (χ1) is 18.8. The third kappa shape index (κ3) is 10.5. The van der Waals surface area contributed by atoms with Crippen LogP contribution in [0.2, 0.25) is 0 Å². The van der Waals surface area contributed by atoms with Crippen molar-refractivity contribution in [2.75, 3.05) is 11.8 Å². The number of alkyl carbamates (subject to hydrolysis) is 1. The first-order valence-electron chi connectivity index (χ1n) is 11.9. The summed E-state index contributed by atoms with van der Waals surface area (Å²) in [6, 6.07) is 13.0. The molecule has 2 amide bonds. The summed E-state index contributed by atoms with van der Waals surface area (Å²) in [5.74, 6) is -0.573. The molecule has 15 heteroatoms. The molecule has 1 aromatic heterocycles. The Morgan fingerprint density at radius 2 is 1.68 bits per heavy atom. The highest BCUT2D eigenvalue weighted by Crippen LogP contribution is 2.27. The molecule has 40 heavy (non-hydrogen) atoms. The number of aromatic nitrogens is 1. The summed E-state index contributed by atoms with van der Waals surface area (Å²) < 4.78 is 75.8. The summed E-state index contributed by atoms with van der Waals surface area (Å²) in [5, 5.41) is 7.18. The predicted octanol–water partition coefficient (Wildman–Crippen LogP) is 4.22. The van der Waals surface area contributed by atoms with E-state index in [0.717, 1.165) is 24.0 Å². The molecule has 0 fully saturated rings. The fourth-order valence-corrected chi connectivity index (χ4v) is 5.03. The summed E-state index contributed by atoms with van der Waals surface area (Å²) in [4.78, 5) is 29.7. The van der Waals surface area contributed by atoms with Crippen LogP contribution in [0.5, 0.6) is 0 Å². The van der Waals surface area contributed by atoms with E-state index in [9.17, 15) is 31.2 Å². The average molecular weight is 601 g/mol. The Bertz CT molecular complexity index is 1380. The van der Waals surface area contributed by atoms with E-state index in [4.69, 9.17) is 4.55 Å². The number of anilines is 1. The minimum Gasteiger partial charge on any atom is -0.453 e. The Morgan fingerprint density at radius 1 is 1.02 bits per heavy atom. The summed E-state index contributed by atoms with van der Waals surface area (Å²) in [6.07, 6.45) is -6.26. The van der Waals surface area contributed by atoms with Crippen LogP contribution in [-0.4, -0.2) is 49.3 Å². The molecule has 0 spiro atoms. The second-order valence-corrected chi connectivity index (χ2v) is 10.8. The maximum Gasteiger partial charge on any atom is 0.407 e. The molecule has 0 radical (unpaired) electrons. The summed E-state index contributed by atoms with van der Waals surface area (Å²) >= 11 is 1.08. The molecule has 0 bridgehead atoms. The van der Waals surface area contributed by atoms with Crippen LogP contribution < -0.4 is 15.4 Å². The largest absolute Gasteiger partial charge is 0.453 e. The van der Waals surface area contributed by atoms with Crippen LogP contribution in [0.3, 0.4) is 0 Å². The third-order valence-electron chi connectivity index (χ3n) is 5.57. The van der Waals surface area contributed by atoms with E-state index < -0.39 is 47.0 Å². The number of thiazole rings is 1. The molecule has 2 atom stereocenters. The zero-order chi connectivity index (χ0) is 29.3. The Balaban J connectivity index is 1.85. The predicted molar refractivity (Wildman–Crippen MR) is 142 cm³/mol.